The van der Waals surface area contributed by atoms with Crippen molar-refractivity contribution in [3.63, 3.8) is 0 Å². The van der Waals surface area contributed by atoms with E-state index in [9.17, 15) is 22.4 Å². The SMILES string of the molecule is CCCNC(=O)C(CC)N(Cc1ccc(F)cc1)C(=O)CCCN(c1cc(Cl)ccc1C)S(C)(=O)=O. The second-order valence-electron chi connectivity index (χ2n) is 8.73. The van der Waals surface area contributed by atoms with E-state index in [0.717, 1.165) is 18.2 Å². The number of amides is 2. The lowest BCUT2D eigenvalue weighted by Gasteiger charge is -2.31. The standard InChI is InChI=1S/C26H35ClFN3O4S/c1-5-15-29-26(33)23(6-2)30(18-20-10-13-22(28)14-11-20)25(32)8-7-16-31(36(4,34)35)24-17-21(27)12-9-19(24)3/h9-14,17,23H,5-8,15-16,18H2,1-4H3,(H,29,33). The summed E-state index contributed by atoms with van der Waals surface area (Å²) in [5.41, 5.74) is 1.90. The third-order valence-corrected chi connectivity index (χ3v) is 7.21. The Morgan fingerprint density at radius 3 is 2.36 bits per heavy atom. The molecule has 0 saturated heterocycles. The van der Waals surface area contributed by atoms with Crippen LogP contribution in [0, 0.1) is 12.7 Å². The maximum Gasteiger partial charge on any atom is 0.242 e. The van der Waals surface area contributed by atoms with Crippen molar-refractivity contribution in [1.82, 2.24) is 10.2 Å². The van der Waals surface area contributed by atoms with Crippen LogP contribution in [0.5, 0.6) is 0 Å². The van der Waals surface area contributed by atoms with Gasteiger partial charge in [0.25, 0.3) is 0 Å². The molecule has 0 heterocycles. The van der Waals surface area contributed by atoms with Gasteiger partial charge in [-0.2, -0.15) is 0 Å². The average Bonchev–Trinajstić information content (AvgIpc) is 2.82. The number of aryl methyl sites for hydroxylation is 1. The van der Waals surface area contributed by atoms with Crippen molar-refractivity contribution in [2.75, 3.05) is 23.7 Å². The molecule has 0 saturated carbocycles. The van der Waals surface area contributed by atoms with Gasteiger partial charge in [-0.3, -0.25) is 13.9 Å². The molecule has 0 bridgehead atoms. The second-order valence-corrected chi connectivity index (χ2v) is 11.1. The van der Waals surface area contributed by atoms with Crippen LogP contribution in [0.25, 0.3) is 0 Å². The zero-order chi connectivity index (χ0) is 26.9. The molecule has 1 N–H and O–H groups in total. The van der Waals surface area contributed by atoms with Gasteiger partial charge in [-0.05, 0) is 61.6 Å². The zero-order valence-electron chi connectivity index (χ0n) is 21.3. The monoisotopic (exact) mass is 539 g/mol. The molecule has 2 rings (SSSR count). The molecule has 36 heavy (non-hydrogen) atoms. The van der Waals surface area contributed by atoms with Crippen molar-refractivity contribution in [1.29, 1.82) is 0 Å². The third kappa shape index (κ3) is 8.48. The van der Waals surface area contributed by atoms with Crippen LogP contribution < -0.4 is 9.62 Å². The molecule has 0 spiro atoms. The summed E-state index contributed by atoms with van der Waals surface area (Å²) in [5, 5.41) is 3.26. The normalized spacial score (nSPS) is 12.2. The Balaban J connectivity index is 2.23. The fourth-order valence-electron chi connectivity index (χ4n) is 3.91. The molecule has 0 radical (unpaired) electrons. The molecule has 2 amide bonds. The number of hydrogen-bond acceptors (Lipinski definition) is 4. The summed E-state index contributed by atoms with van der Waals surface area (Å²) < 4.78 is 39.7. The van der Waals surface area contributed by atoms with E-state index in [0.29, 0.717) is 29.2 Å². The van der Waals surface area contributed by atoms with E-state index >= 15 is 0 Å². The van der Waals surface area contributed by atoms with Crippen molar-refractivity contribution in [3.05, 3.63) is 64.4 Å². The molecule has 2 aromatic rings. The Morgan fingerprint density at radius 2 is 1.78 bits per heavy atom. The molecule has 198 valence electrons. The molecule has 10 heteroatoms. The van der Waals surface area contributed by atoms with Gasteiger partial charge < -0.3 is 10.2 Å². The number of anilines is 1. The summed E-state index contributed by atoms with van der Waals surface area (Å²) in [6.07, 6.45) is 2.55. The number of rotatable bonds is 13. The molecule has 7 nitrogen and oxygen atoms in total. The Bertz CT molecular complexity index is 1140. The first-order valence-electron chi connectivity index (χ1n) is 12.0. The van der Waals surface area contributed by atoms with E-state index in [-0.39, 0.29) is 43.6 Å². The number of carbonyl (C=O) groups excluding carboxylic acids is 2. The largest absolute Gasteiger partial charge is 0.354 e. The molecule has 0 aromatic heterocycles. The number of hydrogen-bond donors (Lipinski definition) is 1. The minimum atomic E-state index is -3.62. The highest BCUT2D eigenvalue weighted by Gasteiger charge is 2.29. The van der Waals surface area contributed by atoms with E-state index in [1.165, 1.54) is 21.3 Å². The zero-order valence-corrected chi connectivity index (χ0v) is 22.8. The van der Waals surface area contributed by atoms with Gasteiger partial charge in [0.05, 0.1) is 11.9 Å². The number of carbonyl (C=O) groups is 2. The lowest BCUT2D eigenvalue weighted by Crippen LogP contribution is -2.49. The van der Waals surface area contributed by atoms with Crippen LogP contribution in [0.4, 0.5) is 10.1 Å². The Kier molecular flexibility index (Phi) is 11.2. The molecule has 2 aromatic carbocycles. The molecule has 1 unspecified atom stereocenters. The van der Waals surface area contributed by atoms with Gasteiger partial charge in [-0.1, -0.05) is 43.6 Å². The van der Waals surface area contributed by atoms with Crippen molar-refractivity contribution >= 4 is 39.1 Å². The van der Waals surface area contributed by atoms with Crippen molar-refractivity contribution < 1.29 is 22.4 Å². The summed E-state index contributed by atoms with van der Waals surface area (Å²) in [5.74, 6) is -0.919. The highest BCUT2D eigenvalue weighted by Crippen LogP contribution is 2.27. The second kappa shape index (κ2) is 13.6. The predicted octanol–water partition coefficient (Wildman–Crippen LogP) is 4.67. The number of nitrogens with one attached hydrogen (secondary N) is 1. The first-order valence-corrected chi connectivity index (χ1v) is 14.3. The Hall–Kier alpha value is -2.65. The van der Waals surface area contributed by atoms with Crippen LogP contribution in [0.3, 0.4) is 0 Å². The summed E-state index contributed by atoms with van der Waals surface area (Å²) in [4.78, 5) is 27.7. The molecule has 0 aliphatic heterocycles. The number of sulfonamides is 1. The third-order valence-electron chi connectivity index (χ3n) is 5.79. The van der Waals surface area contributed by atoms with Crippen LogP contribution in [-0.4, -0.2) is 50.5 Å². The van der Waals surface area contributed by atoms with Gasteiger partial charge in [0.15, 0.2) is 0 Å². The van der Waals surface area contributed by atoms with Gasteiger partial charge in [0, 0.05) is 31.1 Å². The minimum absolute atomic E-state index is 0.0321. The summed E-state index contributed by atoms with van der Waals surface area (Å²) in [6, 6.07) is 10.1. The summed E-state index contributed by atoms with van der Waals surface area (Å²) in [7, 11) is -3.62. The van der Waals surface area contributed by atoms with Gasteiger partial charge in [-0.25, -0.2) is 12.8 Å². The summed E-state index contributed by atoms with van der Waals surface area (Å²) in [6.45, 7) is 6.28. The molecule has 0 fully saturated rings. The average molecular weight is 540 g/mol. The van der Waals surface area contributed by atoms with Crippen LogP contribution in [-0.2, 0) is 26.2 Å². The van der Waals surface area contributed by atoms with Gasteiger partial charge in [0.1, 0.15) is 11.9 Å². The van der Waals surface area contributed by atoms with Gasteiger partial charge in [0.2, 0.25) is 21.8 Å². The maximum atomic E-state index is 13.4. The maximum absolute atomic E-state index is 13.4. The molecule has 0 aliphatic rings. The first kappa shape index (κ1) is 29.6. The van der Waals surface area contributed by atoms with E-state index in [1.54, 1.807) is 37.3 Å². The Labute approximate surface area is 218 Å². The number of benzene rings is 2. The topological polar surface area (TPSA) is 86.8 Å². The lowest BCUT2D eigenvalue weighted by molar-refractivity contribution is -0.141. The smallest absolute Gasteiger partial charge is 0.242 e. The van der Waals surface area contributed by atoms with Crippen LogP contribution in [0.2, 0.25) is 5.02 Å². The highest BCUT2D eigenvalue weighted by atomic mass is 35.5. The van der Waals surface area contributed by atoms with Gasteiger partial charge >= 0.3 is 0 Å². The molecular formula is C26H35ClFN3O4S. The Morgan fingerprint density at radius 1 is 1.11 bits per heavy atom. The highest BCUT2D eigenvalue weighted by molar-refractivity contribution is 7.92. The van der Waals surface area contributed by atoms with E-state index in [4.69, 9.17) is 11.6 Å². The quantitative estimate of drug-likeness (QED) is 0.401. The first-order chi connectivity index (χ1) is 17.0. The predicted molar refractivity (Wildman–Crippen MR) is 142 cm³/mol. The number of nitrogens with zero attached hydrogens (tertiary/aromatic N) is 2. The fraction of sp³-hybridized carbons (Fsp3) is 0.462. The van der Waals surface area contributed by atoms with Crippen LogP contribution >= 0.6 is 11.6 Å². The van der Waals surface area contributed by atoms with Crippen molar-refractivity contribution in [3.8, 4) is 0 Å². The summed E-state index contributed by atoms with van der Waals surface area (Å²) >= 11 is 6.10. The van der Waals surface area contributed by atoms with Gasteiger partial charge in [-0.15, -0.1) is 0 Å². The van der Waals surface area contributed by atoms with Crippen LogP contribution in [0.15, 0.2) is 42.5 Å². The van der Waals surface area contributed by atoms with Crippen molar-refractivity contribution in [2.24, 2.45) is 0 Å². The minimum Gasteiger partial charge on any atom is -0.354 e. The van der Waals surface area contributed by atoms with Crippen LogP contribution in [0.1, 0.15) is 50.7 Å². The molecule has 1 atom stereocenters. The fourth-order valence-corrected chi connectivity index (χ4v) is 5.09. The van der Waals surface area contributed by atoms with Crippen molar-refractivity contribution in [2.45, 2.75) is 59.0 Å². The molecular weight excluding hydrogens is 505 g/mol. The number of halogens is 2. The van der Waals surface area contributed by atoms with E-state index in [1.807, 2.05) is 13.8 Å². The van der Waals surface area contributed by atoms with E-state index in [2.05, 4.69) is 5.32 Å². The molecule has 0 aliphatic carbocycles. The van der Waals surface area contributed by atoms with E-state index < -0.39 is 16.1 Å². The lowest BCUT2D eigenvalue weighted by atomic mass is 10.1.